The minimum absolute atomic E-state index is 0.106. The third-order valence-corrected chi connectivity index (χ3v) is 3.66. The molecule has 0 aliphatic heterocycles. The van der Waals surface area contributed by atoms with E-state index in [-0.39, 0.29) is 5.78 Å². The van der Waals surface area contributed by atoms with E-state index in [0.29, 0.717) is 35.7 Å². The number of benzene rings is 2. The van der Waals surface area contributed by atoms with Crippen LogP contribution in [0.5, 0.6) is 0 Å². The smallest absolute Gasteiger partial charge is 0.203 e. The van der Waals surface area contributed by atoms with E-state index in [1.165, 1.54) is 0 Å². The Hall–Kier alpha value is -3.15. The lowest BCUT2D eigenvalue weighted by atomic mass is 10.0. The van der Waals surface area contributed by atoms with Gasteiger partial charge in [-0.15, -0.1) is 20.4 Å². The molecule has 0 aliphatic rings. The van der Waals surface area contributed by atoms with Crippen LogP contribution >= 0.6 is 0 Å². The third-order valence-electron chi connectivity index (χ3n) is 3.66. The fourth-order valence-corrected chi connectivity index (χ4v) is 2.29. The monoisotopic (exact) mass is 319 g/mol. The molecule has 0 saturated carbocycles. The van der Waals surface area contributed by atoms with E-state index in [1.54, 1.807) is 31.2 Å². The third kappa shape index (κ3) is 3.78. The summed E-state index contributed by atoms with van der Waals surface area (Å²) in [5, 5.41) is 15.8. The Morgan fingerprint density at radius 3 is 2.17 bits per heavy atom. The number of nitrogens with two attached hydrogens (primary N) is 1. The van der Waals surface area contributed by atoms with Crippen LogP contribution in [0.2, 0.25) is 0 Å². The predicted octanol–water partition coefficient (Wildman–Crippen LogP) is 2.64. The van der Waals surface area contributed by atoms with Gasteiger partial charge in [-0.25, -0.2) is 0 Å². The molecular weight excluding hydrogens is 302 g/mol. The minimum Gasteiger partial charge on any atom is -0.399 e. The summed E-state index contributed by atoms with van der Waals surface area (Å²) >= 11 is 0. The first-order valence-corrected chi connectivity index (χ1v) is 7.64. The summed E-state index contributed by atoms with van der Waals surface area (Å²) in [5.41, 5.74) is 8.90. The van der Waals surface area contributed by atoms with Gasteiger partial charge in [0.2, 0.25) is 5.82 Å². The molecule has 2 N–H and O–H groups in total. The van der Waals surface area contributed by atoms with Gasteiger partial charge in [-0.05, 0) is 43.2 Å². The van der Waals surface area contributed by atoms with Crippen molar-refractivity contribution in [2.24, 2.45) is 0 Å². The molecule has 0 fully saturated rings. The zero-order chi connectivity index (χ0) is 16.9. The van der Waals surface area contributed by atoms with Gasteiger partial charge in [0.05, 0.1) is 0 Å². The lowest BCUT2D eigenvalue weighted by molar-refractivity contribution is 0.0983. The van der Waals surface area contributed by atoms with Gasteiger partial charge in [0.25, 0.3) is 0 Å². The highest BCUT2D eigenvalue weighted by atomic mass is 16.1. The molecule has 0 amide bonds. The number of rotatable bonds is 5. The largest absolute Gasteiger partial charge is 0.399 e. The number of ketones is 1. The van der Waals surface area contributed by atoms with Crippen molar-refractivity contribution in [3.63, 3.8) is 0 Å². The molecule has 6 nitrogen and oxygen atoms in total. The van der Waals surface area contributed by atoms with Crippen LogP contribution in [-0.2, 0) is 6.42 Å². The zero-order valence-electron chi connectivity index (χ0n) is 13.3. The Labute approximate surface area is 139 Å². The molecule has 3 aromatic rings. The minimum atomic E-state index is 0.106. The summed E-state index contributed by atoms with van der Waals surface area (Å²) in [6.07, 6.45) is 1.13. The van der Waals surface area contributed by atoms with E-state index in [0.717, 1.165) is 11.1 Å². The van der Waals surface area contributed by atoms with Gasteiger partial charge in [0.15, 0.2) is 11.6 Å². The molecule has 0 saturated heterocycles. The van der Waals surface area contributed by atoms with E-state index in [2.05, 4.69) is 20.4 Å². The number of nitrogens with zero attached hydrogens (tertiary/aromatic N) is 4. The van der Waals surface area contributed by atoms with Crippen molar-refractivity contribution >= 4 is 11.5 Å². The fraction of sp³-hybridized carbons (Fsp3) is 0.167. The lowest BCUT2D eigenvalue weighted by Gasteiger charge is -2.04. The van der Waals surface area contributed by atoms with Crippen LogP contribution in [0.15, 0.2) is 48.5 Å². The molecule has 0 radical (unpaired) electrons. The zero-order valence-corrected chi connectivity index (χ0v) is 13.3. The Kier molecular flexibility index (Phi) is 4.56. The predicted molar refractivity (Wildman–Crippen MR) is 91.3 cm³/mol. The molecule has 120 valence electrons. The van der Waals surface area contributed by atoms with Gasteiger partial charge in [-0.3, -0.25) is 4.79 Å². The Morgan fingerprint density at radius 2 is 1.54 bits per heavy atom. The number of hydrogen-bond donors (Lipinski definition) is 1. The molecule has 24 heavy (non-hydrogen) atoms. The number of carbonyl (C=O) groups is 1. The van der Waals surface area contributed by atoms with Crippen LogP contribution in [0.1, 0.15) is 28.2 Å². The Balaban J connectivity index is 1.63. The first-order chi connectivity index (χ1) is 11.6. The van der Waals surface area contributed by atoms with Crippen molar-refractivity contribution < 1.29 is 4.79 Å². The molecule has 0 aliphatic carbocycles. The quantitative estimate of drug-likeness (QED) is 0.574. The average molecular weight is 319 g/mol. The van der Waals surface area contributed by atoms with E-state index in [4.69, 9.17) is 5.73 Å². The van der Waals surface area contributed by atoms with E-state index in [9.17, 15) is 4.79 Å². The van der Waals surface area contributed by atoms with Crippen molar-refractivity contribution in [2.75, 3.05) is 5.73 Å². The second-order valence-electron chi connectivity index (χ2n) is 5.51. The molecular formula is C18H17N5O. The van der Waals surface area contributed by atoms with Crippen molar-refractivity contribution in [1.82, 2.24) is 20.4 Å². The molecule has 2 aromatic carbocycles. The maximum absolute atomic E-state index is 12.2. The van der Waals surface area contributed by atoms with Gasteiger partial charge in [-0.2, -0.15) is 0 Å². The number of aryl methyl sites for hydroxylation is 2. The van der Waals surface area contributed by atoms with Gasteiger partial charge >= 0.3 is 0 Å². The van der Waals surface area contributed by atoms with Crippen molar-refractivity contribution in [3.8, 4) is 11.4 Å². The molecule has 0 unspecified atom stereocenters. The van der Waals surface area contributed by atoms with Crippen molar-refractivity contribution in [1.29, 1.82) is 0 Å². The number of carbonyl (C=O) groups excluding carboxylic acids is 1. The molecule has 1 heterocycles. The lowest BCUT2D eigenvalue weighted by Crippen LogP contribution is -2.02. The summed E-state index contributed by atoms with van der Waals surface area (Å²) in [4.78, 5) is 12.2. The number of aromatic nitrogens is 4. The number of anilines is 1. The second kappa shape index (κ2) is 6.95. The summed E-state index contributed by atoms with van der Waals surface area (Å²) in [5.74, 6) is 1.14. The maximum Gasteiger partial charge on any atom is 0.203 e. The Bertz CT molecular complexity index is 827. The fourth-order valence-electron chi connectivity index (χ4n) is 2.29. The van der Waals surface area contributed by atoms with Gasteiger partial charge in [0.1, 0.15) is 0 Å². The van der Waals surface area contributed by atoms with Crippen LogP contribution in [0.4, 0.5) is 5.69 Å². The van der Waals surface area contributed by atoms with Crippen LogP contribution in [0.25, 0.3) is 11.4 Å². The summed E-state index contributed by atoms with van der Waals surface area (Å²) < 4.78 is 0. The van der Waals surface area contributed by atoms with Crippen molar-refractivity contribution in [2.45, 2.75) is 19.8 Å². The van der Waals surface area contributed by atoms with Gasteiger partial charge < -0.3 is 5.73 Å². The first kappa shape index (κ1) is 15.7. The highest BCUT2D eigenvalue weighted by molar-refractivity contribution is 5.96. The normalized spacial score (nSPS) is 10.5. The van der Waals surface area contributed by atoms with E-state index in [1.807, 2.05) is 24.3 Å². The van der Waals surface area contributed by atoms with Crippen molar-refractivity contribution in [3.05, 3.63) is 65.5 Å². The van der Waals surface area contributed by atoms with Gasteiger partial charge in [-0.1, -0.05) is 24.3 Å². The van der Waals surface area contributed by atoms with Crippen LogP contribution in [-0.4, -0.2) is 26.2 Å². The number of hydrogen-bond acceptors (Lipinski definition) is 6. The molecule has 3 rings (SSSR count). The Morgan fingerprint density at radius 1 is 0.917 bits per heavy atom. The van der Waals surface area contributed by atoms with E-state index >= 15 is 0 Å². The van der Waals surface area contributed by atoms with Crippen LogP contribution in [0, 0.1) is 6.92 Å². The maximum atomic E-state index is 12.2. The summed E-state index contributed by atoms with van der Waals surface area (Å²) in [7, 11) is 0. The highest BCUT2D eigenvalue weighted by Gasteiger charge is 2.07. The molecule has 0 bridgehead atoms. The SMILES string of the molecule is Cc1nnc(-c2ccc(CCC(=O)c3ccc(N)cc3)cc2)nn1. The number of Topliss-reactive ketones (excluding diaryl/α,β-unsaturated/α-hetero) is 1. The average Bonchev–Trinajstić information content (AvgIpc) is 2.61. The molecule has 0 spiro atoms. The van der Waals surface area contributed by atoms with E-state index < -0.39 is 0 Å². The van der Waals surface area contributed by atoms with Crippen LogP contribution < -0.4 is 5.73 Å². The molecule has 0 atom stereocenters. The standard InChI is InChI=1S/C18H17N5O/c1-12-20-22-18(23-21-12)15-5-2-13(3-6-15)4-11-17(24)14-7-9-16(19)10-8-14/h2-3,5-10H,4,11,19H2,1H3. The molecule has 6 heteroatoms. The molecule has 1 aromatic heterocycles. The topological polar surface area (TPSA) is 94.7 Å². The number of nitrogen functional groups attached to an aromatic ring is 1. The highest BCUT2D eigenvalue weighted by Crippen LogP contribution is 2.16. The summed E-state index contributed by atoms with van der Waals surface area (Å²) in [6, 6.07) is 14.8. The second-order valence-corrected chi connectivity index (χ2v) is 5.51. The van der Waals surface area contributed by atoms with Gasteiger partial charge in [0, 0.05) is 23.2 Å². The van der Waals surface area contributed by atoms with Crippen LogP contribution in [0.3, 0.4) is 0 Å². The first-order valence-electron chi connectivity index (χ1n) is 7.64. The summed E-state index contributed by atoms with van der Waals surface area (Å²) in [6.45, 7) is 1.74.